The van der Waals surface area contributed by atoms with Crippen LogP contribution < -0.4 is 5.32 Å². The molecule has 1 amide bonds. The SMILES string of the molecule is CC(=O)OC(C(=O)NCc1ccccc1)(c1ccccc1)c1ccccc1. The van der Waals surface area contributed by atoms with E-state index in [9.17, 15) is 9.59 Å². The van der Waals surface area contributed by atoms with Crippen LogP contribution in [0.2, 0.25) is 0 Å². The zero-order valence-electron chi connectivity index (χ0n) is 15.1. The molecule has 0 aromatic heterocycles. The van der Waals surface area contributed by atoms with Gasteiger partial charge in [0, 0.05) is 24.6 Å². The van der Waals surface area contributed by atoms with Crippen LogP contribution in [0.3, 0.4) is 0 Å². The summed E-state index contributed by atoms with van der Waals surface area (Å²) in [6.07, 6.45) is 0. The Morgan fingerprint density at radius 1 is 0.778 bits per heavy atom. The van der Waals surface area contributed by atoms with Crippen LogP contribution in [-0.4, -0.2) is 11.9 Å². The Morgan fingerprint density at radius 3 is 1.67 bits per heavy atom. The molecule has 0 heterocycles. The van der Waals surface area contributed by atoms with Crippen LogP contribution in [0.4, 0.5) is 0 Å². The van der Waals surface area contributed by atoms with E-state index in [1.54, 1.807) is 24.3 Å². The van der Waals surface area contributed by atoms with E-state index < -0.39 is 11.6 Å². The summed E-state index contributed by atoms with van der Waals surface area (Å²) in [7, 11) is 0. The Balaban J connectivity index is 2.05. The number of ether oxygens (including phenoxy) is 1. The van der Waals surface area contributed by atoms with Crippen LogP contribution in [0.5, 0.6) is 0 Å². The molecule has 3 rings (SSSR count). The van der Waals surface area contributed by atoms with Gasteiger partial charge in [0.25, 0.3) is 5.91 Å². The van der Waals surface area contributed by atoms with Gasteiger partial charge in [-0.05, 0) is 5.56 Å². The molecule has 0 radical (unpaired) electrons. The third-order valence-electron chi connectivity index (χ3n) is 4.27. The molecule has 0 aliphatic rings. The Labute approximate surface area is 158 Å². The van der Waals surface area contributed by atoms with Crippen molar-refractivity contribution in [2.75, 3.05) is 0 Å². The standard InChI is InChI=1S/C23H21NO3/c1-18(25)27-23(20-13-7-3-8-14-20,21-15-9-4-10-16-21)22(26)24-17-19-11-5-2-6-12-19/h2-16H,17H2,1H3,(H,24,26). The molecule has 136 valence electrons. The molecule has 0 atom stereocenters. The summed E-state index contributed by atoms with van der Waals surface area (Å²) in [5.41, 5.74) is 0.598. The molecule has 3 aromatic carbocycles. The van der Waals surface area contributed by atoms with Crippen molar-refractivity contribution >= 4 is 11.9 Å². The maximum atomic E-state index is 13.4. The highest BCUT2D eigenvalue weighted by molar-refractivity contribution is 5.92. The molecule has 4 nitrogen and oxygen atoms in total. The number of hydrogen-bond acceptors (Lipinski definition) is 3. The number of nitrogens with one attached hydrogen (secondary N) is 1. The van der Waals surface area contributed by atoms with Crippen LogP contribution in [0.15, 0.2) is 91.0 Å². The van der Waals surface area contributed by atoms with Gasteiger partial charge >= 0.3 is 5.97 Å². The molecular weight excluding hydrogens is 338 g/mol. The highest BCUT2D eigenvalue weighted by Gasteiger charge is 2.45. The lowest BCUT2D eigenvalue weighted by atomic mass is 9.85. The van der Waals surface area contributed by atoms with Crippen LogP contribution >= 0.6 is 0 Å². The first-order chi connectivity index (χ1) is 13.1. The molecule has 4 heteroatoms. The third-order valence-corrected chi connectivity index (χ3v) is 4.27. The number of rotatable bonds is 6. The molecular formula is C23H21NO3. The van der Waals surface area contributed by atoms with E-state index in [0.717, 1.165) is 5.56 Å². The zero-order chi connectivity index (χ0) is 19.1. The van der Waals surface area contributed by atoms with Gasteiger partial charge < -0.3 is 10.1 Å². The first kappa shape index (κ1) is 18.4. The van der Waals surface area contributed by atoms with Crippen LogP contribution in [0.1, 0.15) is 23.6 Å². The summed E-state index contributed by atoms with van der Waals surface area (Å²) in [4.78, 5) is 25.4. The third kappa shape index (κ3) is 4.06. The van der Waals surface area contributed by atoms with Gasteiger partial charge in [0.15, 0.2) is 0 Å². The number of hydrogen-bond donors (Lipinski definition) is 1. The molecule has 0 spiro atoms. The van der Waals surface area contributed by atoms with Crippen molar-refractivity contribution < 1.29 is 14.3 Å². The number of carbonyl (C=O) groups is 2. The summed E-state index contributed by atoms with van der Waals surface area (Å²) >= 11 is 0. The largest absolute Gasteiger partial charge is 0.439 e. The Hall–Kier alpha value is -3.40. The Kier molecular flexibility index (Phi) is 5.67. The van der Waals surface area contributed by atoms with Gasteiger partial charge in [-0.3, -0.25) is 9.59 Å². The van der Waals surface area contributed by atoms with Crippen LogP contribution in [0, 0.1) is 0 Å². The van der Waals surface area contributed by atoms with E-state index in [4.69, 9.17) is 4.74 Å². The highest BCUT2D eigenvalue weighted by atomic mass is 16.6. The quantitative estimate of drug-likeness (QED) is 0.681. The van der Waals surface area contributed by atoms with E-state index in [1.165, 1.54) is 6.92 Å². The van der Waals surface area contributed by atoms with Gasteiger partial charge in [0.2, 0.25) is 5.60 Å². The summed E-state index contributed by atoms with van der Waals surface area (Å²) in [6, 6.07) is 27.8. The van der Waals surface area contributed by atoms with E-state index >= 15 is 0 Å². The van der Waals surface area contributed by atoms with Crippen molar-refractivity contribution in [2.24, 2.45) is 0 Å². The molecule has 0 saturated carbocycles. The van der Waals surface area contributed by atoms with Gasteiger partial charge in [-0.1, -0.05) is 91.0 Å². The minimum Gasteiger partial charge on any atom is -0.439 e. The maximum Gasteiger partial charge on any atom is 0.304 e. The van der Waals surface area contributed by atoms with Crippen LogP contribution in [-0.2, 0) is 26.5 Å². The Bertz CT molecular complexity index is 853. The predicted molar refractivity (Wildman–Crippen MR) is 104 cm³/mol. The second kappa shape index (κ2) is 8.32. The first-order valence-electron chi connectivity index (χ1n) is 8.76. The fourth-order valence-corrected chi connectivity index (χ4v) is 3.06. The van der Waals surface area contributed by atoms with Crippen LogP contribution in [0.25, 0.3) is 0 Å². The van der Waals surface area contributed by atoms with Crippen molar-refractivity contribution in [1.29, 1.82) is 0 Å². The van der Waals surface area contributed by atoms with Crippen molar-refractivity contribution in [3.63, 3.8) is 0 Å². The average Bonchev–Trinajstić information content (AvgIpc) is 2.72. The van der Waals surface area contributed by atoms with Gasteiger partial charge in [-0.2, -0.15) is 0 Å². The van der Waals surface area contributed by atoms with Gasteiger partial charge in [0.05, 0.1) is 0 Å². The molecule has 1 N–H and O–H groups in total. The van der Waals surface area contributed by atoms with Gasteiger partial charge in [0.1, 0.15) is 0 Å². The molecule has 27 heavy (non-hydrogen) atoms. The molecule has 0 bridgehead atoms. The zero-order valence-corrected chi connectivity index (χ0v) is 15.1. The number of carbonyl (C=O) groups excluding carboxylic acids is 2. The average molecular weight is 359 g/mol. The number of esters is 1. The van der Waals surface area contributed by atoms with Crippen molar-refractivity contribution in [3.8, 4) is 0 Å². The fourth-order valence-electron chi connectivity index (χ4n) is 3.06. The van der Waals surface area contributed by atoms with Crippen molar-refractivity contribution in [2.45, 2.75) is 19.1 Å². The molecule has 0 aliphatic carbocycles. The summed E-state index contributed by atoms with van der Waals surface area (Å²) in [6.45, 7) is 1.65. The maximum absolute atomic E-state index is 13.4. The summed E-state index contributed by atoms with van der Waals surface area (Å²) in [5, 5.41) is 2.93. The van der Waals surface area contributed by atoms with E-state index in [1.807, 2.05) is 66.7 Å². The monoisotopic (exact) mass is 359 g/mol. The lowest BCUT2D eigenvalue weighted by molar-refractivity contribution is -0.163. The summed E-state index contributed by atoms with van der Waals surface area (Å²) < 4.78 is 5.71. The van der Waals surface area contributed by atoms with E-state index in [0.29, 0.717) is 17.7 Å². The molecule has 0 saturated heterocycles. The van der Waals surface area contributed by atoms with E-state index in [2.05, 4.69) is 5.32 Å². The van der Waals surface area contributed by atoms with Crippen molar-refractivity contribution in [1.82, 2.24) is 5.32 Å². The second-order valence-corrected chi connectivity index (χ2v) is 6.18. The lowest BCUT2D eigenvalue weighted by Crippen LogP contribution is -2.48. The van der Waals surface area contributed by atoms with E-state index in [-0.39, 0.29) is 5.91 Å². The highest BCUT2D eigenvalue weighted by Crippen LogP contribution is 2.34. The fraction of sp³-hybridized carbons (Fsp3) is 0.130. The van der Waals surface area contributed by atoms with Crippen molar-refractivity contribution in [3.05, 3.63) is 108 Å². The predicted octanol–water partition coefficient (Wildman–Crippen LogP) is 3.81. The first-order valence-corrected chi connectivity index (χ1v) is 8.76. The topological polar surface area (TPSA) is 55.4 Å². The minimum absolute atomic E-state index is 0.336. The lowest BCUT2D eigenvalue weighted by Gasteiger charge is -2.32. The molecule has 3 aromatic rings. The number of benzene rings is 3. The Morgan fingerprint density at radius 2 is 1.22 bits per heavy atom. The molecule has 0 unspecified atom stereocenters. The minimum atomic E-state index is -1.55. The number of amides is 1. The molecule has 0 fully saturated rings. The summed E-state index contributed by atoms with van der Waals surface area (Å²) in [5.74, 6) is -0.920. The smallest absolute Gasteiger partial charge is 0.304 e. The van der Waals surface area contributed by atoms with Gasteiger partial charge in [-0.25, -0.2) is 0 Å². The second-order valence-electron chi connectivity index (χ2n) is 6.18. The van der Waals surface area contributed by atoms with Gasteiger partial charge in [-0.15, -0.1) is 0 Å². The normalized spacial score (nSPS) is 10.9. The molecule has 0 aliphatic heterocycles.